The van der Waals surface area contributed by atoms with E-state index in [0.717, 1.165) is 60.8 Å². The molecule has 0 bridgehead atoms. The molecule has 3 aromatic rings. The van der Waals surface area contributed by atoms with Crippen LogP contribution in [0.4, 0.5) is 11.8 Å². The van der Waals surface area contributed by atoms with E-state index in [1.165, 1.54) is 19.3 Å². The lowest BCUT2D eigenvalue weighted by Gasteiger charge is -2.26. The zero-order chi connectivity index (χ0) is 21.8. The Labute approximate surface area is 189 Å². The number of nitrogens with zero attached hydrogens (tertiary/aromatic N) is 3. The first-order valence-electron chi connectivity index (χ1n) is 11.6. The summed E-state index contributed by atoms with van der Waals surface area (Å²) in [5, 5.41) is 8.12. The predicted molar refractivity (Wildman–Crippen MR) is 128 cm³/mol. The first-order valence-corrected chi connectivity index (χ1v) is 11.6. The Bertz CT molecular complexity index is 1050. The summed E-state index contributed by atoms with van der Waals surface area (Å²) >= 11 is 0. The van der Waals surface area contributed by atoms with Crippen molar-refractivity contribution < 1.29 is 9.47 Å². The molecule has 0 amide bonds. The monoisotopic (exact) mass is 433 g/mol. The number of rotatable bonds is 7. The zero-order valence-electron chi connectivity index (χ0n) is 18.6. The highest BCUT2D eigenvalue weighted by molar-refractivity contribution is 5.93. The number of nitrogens with one attached hydrogen (secondary N) is 2. The van der Waals surface area contributed by atoms with Crippen molar-refractivity contribution >= 4 is 22.7 Å². The van der Waals surface area contributed by atoms with E-state index in [2.05, 4.69) is 27.7 Å². The van der Waals surface area contributed by atoms with E-state index in [9.17, 15) is 0 Å². The SMILES string of the molecule is COc1cc2c(N[C@@H]3CCCNC3)nc(N3CCCC3)nc2cc1OCc1ccccc1. The Morgan fingerprint density at radius 2 is 1.91 bits per heavy atom. The second-order valence-electron chi connectivity index (χ2n) is 8.55. The maximum Gasteiger partial charge on any atom is 0.227 e. The van der Waals surface area contributed by atoms with E-state index in [4.69, 9.17) is 19.4 Å². The van der Waals surface area contributed by atoms with Gasteiger partial charge >= 0.3 is 0 Å². The van der Waals surface area contributed by atoms with Gasteiger partial charge in [-0.2, -0.15) is 4.98 Å². The van der Waals surface area contributed by atoms with Gasteiger partial charge in [0.15, 0.2) is 11.5 Å². The van der Waals surface area contributed by atoms with E-state index in [1.807, 2.05) is 30.3 Å². The highest BCUT2D eigenvalue weighted by Gasteiger charge is 2.21. The van der Waals surface area contributed by atoms with E-state index < -0.39 is 0 Å². The van der Waals surface area contributed by atoms with Crippen LogP contribution in [0.3, 0.4) is 0 Å². The third-order valence-corrected chi connectivity index (χ3v) is 6.23. The lowest BCUT2D eigenvalue weighted by molar-refractivity contribution is 0.285. The largest absolute Gasteiger partial charge is 0.493 e. The molecule has 0 saturated carbocycles. The molecule has 0 unspecified atom stereocenters. The molecule has 7 heteroatoms. The van der Waals surface area contributed by atoms with Gasteiger partial charge in [-0.15, -0.1) is 0 Å². The zero-order valence-corrected chi connectivity index (χ0v) is 18.6. The van der Waals surface area contributed by atoms with Crippen molar-refractivity contribution in [3.05, 3.63) is 48.0 Å². The van der Waals surface area contributed by atoms with Crippen LogP contribution in [0.15, 0.2) is 42.5 Å². The molecule has 32 heavy (non-hydrogen) atoms. The highest BCUT2D eigenvalue weighted by atomic mass is 16.5. The Morgan fingerprint density at radius 1 is 1.06 bits per heavy atom. The molecule has 5 rings (SSSR count). The van der Waals surface area contributed by atoms with Gasteiger partial charge in [-0.3, -0.25) is 0 Å². The summed E-state index contributed by atoms with van der Waals surface area (Å²) in [5.41, 5.74) is 1.99. The second kappa shape index (κ2) is 9.61. The van der Waals surface area contributed by atoms with Crippen LogP contribution in [0.2, 0.25) is 0 Å². The number of hydrogen-bond acceptors (Lipinski definition) is 7. The van der Waals surface area contributed by atoms with Crippen molar-refractivity contribution in [2.75, 3.05) is 43.5 Å². The van der Waals surface area contributed by atoms with Gasteiger partial charge in [-0.1, -0.05) is 30.3 Å². The van der Waals surface area contributed by atoms with Gasteiger partial charge in [0.1, 0.15) is 12.4 Å². The first-order chi connectivity index (χ1) is 15.8. The van der Waals surface area contributed by atoms with E-state index in [1.54, 1.807) is 7.11 Å². The molecule has 2 aliphatic heterocycles. The van der Waals surface area contributed by atoms with Crippen molar-refractivity contribution in [2.45, 2.75) is 38.3 Å². The Balaban J connectivity index is 1.51. The molecule has 2 N–H and O–H groups in total. The Hall–Kier alpha value is -3.06. The summed E-state index contributed by atoms with van der Waals surface area (Å²) in [4.78, 5) is 12.2. The first kappa shape index (κ1) is 20.8. The fourth-order valence-corrected chi connectivity index (χ4v) is 4.47. The van der Waals surface area contributed by atoms with Crippen molar-refractivity contribution in [2.24, 2.45) is 0 Å². The fraction of sp³-hybridized carbons (Fsp3) is 0.440. The van der Waals surface area contributed by atoms with Crippen molar-refractivity contribution in [3.8, 4) is 11.5 Å². The molecule has 1 aromatic heterocycles. The number of aromatic nitrogens is 2. The van der Waals surface area contributed by atoms with Gasteiger partial charge in [0.05, 0.1) is 12.6 Å². The number of piperidine rings is 1. The average molecular weight is 434 g/mol. The molecule has 2 saturated heterocycles. The molecule has 0 spiro atoms. The normalized spacial score (nSPS) is 18.7. The summed E-state index contributed by atoms with van der Waals surface area (Å²) in [6.07, 6.45) is 4.67. The van der Waals surface area contributed by atoms with Gasteiger partial charge in [-0.05, 0) is 43.9 Å². The predicted octanol–water partition coefficient (Wildman–Crippen LogP) is 3.98. The quantitative estimate of drug-likeness (QED) is 0.584. The average Bonchev–Trinajstić information content (AvgIpc) is 3.38. The molecule has 3 heterocycles. The minimum absolute atomic E-state index is 0.355. The minimum atomic E-state index is 0.355. The number of hydrogen-bond donors (Lipinski definition) is 2. The summed E-state index contributed by atoms with van der Waals surface area (Å²) in [5.74, 6) is 3.05. The fourth-order valence-electron chi connectivity index (χ4n) is 4.47. The molecule has 2 aromatic carbocycles. The van der Waals surface area contributed by atoms with Crippen LogP contribution in [-0.4, -0.2) is 49.3 Å². The second-order valence-corrected chi connectivity index (χ2v) is 8.55. The molecule has 0 radical (unpaired) electrons. The van der Waals surface area contributed by atoms with E-state index >= 15 is 0 Å². The number of methoxy groups -OCH3 is 1. The van der Waals surface area contributed by atoms with Crippen LogP contribution >= 0.6 is 0 Å². The van der Waals surface area contributed by atoms with Gasteiger partial charge in [0.2, 0.25) is 5.95 Å². The van der Waals surface area contributed by atoms with Gasteiger partial charge < -0.3 is 25.0 Å². The maximum absolute atomic E-state index is 6.15. The molecule has 2 aliphatic rings. The lowest BCUT2D eigenvalue weighted by atomic mass is 10.1. The third kappa shape index (κ3) is 4.58. The number of fused-ring (bicyclic) bond motifs is 1. The standard InChI is InChI=1S/C25H31N5O2/c1-31-22-14-20-21(15-23(22)32-17-18-8-3-2-4-9-18)28-25(30-12-5-6-13-30)29-24(20)27-19-10-7-11-26-16-19/h2-4,8-9,14-15,19,26H,5-7,10-13,16-17H2,1H3,(H,27,28,29)/t19-/m1/s1. The summed E-state index contributed by atoms with van der Waals surface area (Å²) in [6.45, 7) is 4.51. The number of ether oxygens (including phenoxy) is 2. The van der Waals surface area contributed by atoms with Crippen molar-refractivity contribution in [1.82, 2.24) is 15.3 Å². The minimum Gasteiger partial charge on any atom is -0.493 e. The molecule has 1 atom stereocenters. The smallest absolute Gasteiger partial charge is 0.227 e. The summed E-state index contributed by atoms with van der Waals surface area (Å²) in [7, 11) is 1.67. The molecule has 2 fully saturated rings. The molecule has 168 valence electrons. The molecule has 7 nitrogen and oxygen atoms in total. The van der Waals surface area contributed by atoms with Crippen molar-refractivity contribution in [1.29, 1.82) is 0 Å². The van der Waals surface area contributed by atoms with Crippen LogP contribution in [0.1, 0.15) is 31.2 Å². The Kier molecular flexibility index (Phi) is 6.25. The highest BCUT2D eigenvalue weighted by Crippen LogP contribution is 2.36. The Morgan fingerprint density at radius 3 is 2.66 bits per heavy atom. The van der Waals surface area contributed by atoms with Gasteiger partial charge in [0.25, 0.3) is 0 Å². The lowest BCUT2D eigenvalue weighted by Crippen LogP contribution is -2.38. The summed E-state index contributed by atoms with van der Waals surface area (Å²) in [6, 6.07) is 14.5. The number of anilines is 2. The van der Waals surface area contributed by atoms with E-state index in [-0.39, 0.29) is 0 Å². The third-order valence-electron chi connectivity index (χ3n) is 6.23. The summed E-state index contributed by atoms with van der Waals surface area (Å²) < 4.78 is 11.8. The van der Waals surface area contributed by atoms with E-state index in [0.29, 0.717) is 24.1 Å². The van der Waals surface area contributed by atoms with Crippen LogP contribution in [-0.2, 0) is 6.61 Å². The van der Waals surface area contributed by atoms with Crippen LogP contribution in [0, 0.1) is 0 Å². The van der Waals surface area contributed by atoms with Crippen LogP contribution in [0.5, 0.6) is 11.5 Å². The molecular weight excluding hydrogens is 402 g/mol. The van der Waals surface area contributed by atoms with Crippen LogP contribution < -0.4 is 25.0 Å². The van der Waals surface area contributed by atoms with Gasteiger partial charge in [-0.25, -0.2) is 4.98 Å². The van der Waals surface area contributed by atoms with Crippen LogP contribution in [0.25, 0.3) is 10.9 Å². The van der Waals surface area contributed by atoms with Gasteiger partial charge in [0, 0.05) is 37.1 Å². The molecular formula is C25H31N5O2. The molecule has 0 aliphatic carbocycles. The topological polar surface area (TPSA) is 71.5 Å². The number of benzene rings is 2. The van der Waals surface area contributed by atoms with Crippen molar-refractivity contribution in [3.63, 3.8) is 0 Å². The maximum atomic E-state index is 6.15.